The summed E-state index contributed by atoms with van der Waals surface area (Å²) in [5.74, 6) is 2.54. The topological polar surface area (TPSA) is 43.4 Å². The van der Waals surface area contributed by atoms with E-state index in [-0.39, 0.29) is 0 Å². The van der Waals surface area contributed by atoms with E-state index in [0.29, 0.717) is 12.8 Å². The average Bonchev–Trinajstić information content (AvgIpc) is 3.03. The van der Waals surface area contributed by atoms with Crippen molar-refractivity contribution in [3.8, 4) is 11.5 Å². The zero-order valence-electron chi connectivity index (χ0n) is 9.27. The monoisotopic (exact) mass is 228 g/mol. The number of hydrogen-bond acceptors (Lipinski definition) is 4. The molecule has 1 aliphatic carbocycles. The van der Waals surface area contributed by atoms with Crippen molar-refractivity contribution in [2.24, 2.45) is 0 Å². The van der Waals surface area contributed by atoms with Gasteiger partial charge in [-0.2, -0.15) is 0 Å². The molecule has 0 atom stereocenters. The van der Waals surface area contributed by atoms with Crippen LogP contribution in [0.1, 0.15) is 12.8 Å². The Bertz CT molecular complexity index is 593. The summed E-state index contributed by atoms with van der Waals surface area (Å²) in [6.07, 6.45) is 2.50. The van der Waals surface area contributed by atoms with Gasteiger partial charge in [-0.15, -0.1) is 0 Å². The second kappa shape index (κ2) is 3.26. The third-order valence-corrected chi connectivity index (χ3v) is 3.11. The van der Waals surface area contributed by atoms with E-state index in [2.05, 4.69) is 16.4 Å². The normalized spacial score (nSPS) is 17.4. The standard InChI is InChI=1S/C13H12N2O2/c1-4-13(14-9-2-3-9)15-10-6-12-11(5-8(1)10)16-7-17-12/h1,4-6,9H,2-3,7H2,(H,14,15). The van der Waals surface area contributed by atoms with Gasteiger partial charge in [-0.05, 0) is 31.0 Å². The highest BCUT2D eigenvalue weighted by molar-refractivity contribution is 5.84. The van der Waals surface area contributed by atoms with Crippen LogP contribution in [-0.2, 0) is 0 Å². The maximum Gasteiger partial charge on any atom is 0.231 e. The Balaban J connectivity index is 1.80. The van der Waals surface area contributed by atoms with Gasteiger partial charge in [0.25, 0.3) is 0 Å². The van der Waals surface area contributed by atoms with Crippen LogP contribution < -0.4 is 14.8 Å². The predicted octanol–water partition coefficient (Wildman–Crippen LogP) is 2.54. The molecule has 2 heterocycles. The van der Waals surface area contributed by atoms with E-state index in [1.54, 1.807) is 0 Å². The molecular weight excluding hydrogens is 216 g/mol. The fourth-order valence-corrected chi connectivity index (χ4v) is 2.03. The molecule has 0 spiro atoms. The quantitative estimate of drug-likeness (QED) is 0.857. The molecule has 1 aliphatic heterocycles. The Morgan fingerprint density at radius 3 is 2.76 bits per heavy atom. The predicted molar refractivity (Wildman–Crippen MR) is 64.5 cm³/mol. The van der Waals surface area contributed by atoms with Crippen LogP contribution in [0, 0.1) is 0 Å². The molecule has 86 valence electrons. The highest BCUT2D eigenvalue weighted by atomic mass is 16.7. The molecule has 4 nitrogen and oxygen atoms in total. The van der Waals surface area contributed by atoms with Crippen LogP contribution in [0.3, 0.4) is 0 Å². The molecule has 1 aromatic carbocycles. The smallest absolute Gasteiger partial charge is 0.231 e. The fourth-order valence-electron chi connectivity index (χ4n) is 2.03. The van der Waals surface area contributed by atoms with E-state index >= 15 is 0 Å². The minimum absolute atomic E-state index is 0.304. The maximum absolute atomic E-state index is 5.36. The summed E-state index contributed by atoms with van der Waals surface area (Å²) in [5.41, 5.74) is 0.944. The van der Waals surface area contributed by atoms with Gasteiger partial charge >= 0.3 is 0 Å². The molecular formula is C13H12N2O2. The molecule has 4 rings (SSSR count). The lowest BCUT2D eigenvalue weighted by Gasteiger charge is -2.05. The van der Waals surface area contributed by atoms with Crippen LogP contribution in [-0.4, -0.2) is 17.8 Å². The Labute approximate surface area is 98.6 Å². The highest BCUT2D eigenvalue weighted by Gasteiger charge is 2.21. The highest BCUT2D eigenvalue weighted by Crippen LogP contribution is 2.36. The fraction of sp³-hybridized carbons (Fsp3) is 0.308. The van der Waals surface area contributed by atoms with Crippen molar-refractivity contribution in [3.63, 3.8) is 0 Å². The number of benzene rings is 1. The molecule has 0 saturated heterocycles. The summed E-state index contributed by atoms with van der Waals surface area (Å²) < 4.78 is 10.7. The van der Waals surface area contributed by atoms with Gasteiger partial charge in [0.1, 0.15) is 5.82 Å². The van der Waals surface area contributed by atoms with Crippen molar-refractivity contribution in [2.45, 2.75) is 18.9 Å². The van der Waals surface area contributed by atoms with Crippen molar-refractivity contribution in [2.75, 3.05) is 12.1 Å². The third-order valence-electron chi connectivity index (χ3n) is 3.11. The lowest BCUT2D eigenvalue weighted by molar-refractivity contribution is 0.174. The second-order valence-electron chi connectivity index (χ2n) is 4.51. The van der Waals surface area contributed by atoms with Crippen molar-refractivity contribution in [1.29, 1.82) is 0 Å². The number of fused-ring (bicyclic) bond motifs is 2. The van der Waals surface area contributed by atoms with E-state index < -0.39 is 0 Å². The Morgan fingerprint density at radius 1 is 1.12 bits per heavy atom. The molecule has 1 N–H and O–H groups in total. The van der Waals surface area contributed by atoms with Crippen LogP contribution in [0.25, 0.3) is 10.9 Å². The minimum Gasteiger partial charge on any atom is -0.454 e. The zero-order chi connectivity index (χ0) is 11.2. The van der Waals surface area contributed by atoms with Crippen LogP contribution in [0.2, 0.25) is 0 Å². The summed E-state index contributed by atoms with van der Waals surface area (Å²) >= 11 is 0. The Morgan fingerprint density at radius 2 is 1.94 bits per heavy atom. The molecule has 2 aliphatic rings. The number of rotatable bonds is 2. The van der Waals surface area contributed by atoms with E-state index in [1.165, 1.54) is 12.8 Å². The van der Waals surface area contributed by atoms with Crippen LogP contribution >= 0.6 is 0 Å². The first-order valence-electron chi connectivity index (χ1n) is 5.85. The van der Waals surface area contributed by atoms with E-state index in [9.17, 15) is 0 Å². The van der Waals surface area contributed by atoms with Gasteiger partial charge in [-0.25, -0.2) is 4.98 Å². The number of ether oxygens (including phenoxy) is 2. The van der Waals surface area contributed by atoms with Crippen molar-refractivity contribution >= 4 is 16.7 Å². The summed E-state index contributed by atoms with van der Waals surface area (Å²) in [6, 6.07) is 8.62. The molecule has 1 fully saturated rings. The lowest BCUT2D eigenvalue weighted by Crippen LogP contribution is -2.02. The van der Waals surface area contributed by atoms with Gasteiger partial charge in [0.2, 0.25) is 6.79 Å². The first kappa shape index (κ1) is 9.10. The largest absolute Gasteiger partial charge is 0.454 e. The molecule has 0 bridgehead atoms. The number of nitrogens with zero attached hydrogens (tertiary/aromatic N) is 1. The Kier molecular flexibility index (Phi) is 1.75. The number of pyridine rings is 1. The number of anilines is 1. The van der Waals surface area contributed by atoms with Gasteiger partial charge in [0.15, 0.2) is 11.5 Å². The molecule has 0 radical (unpaired) electrons. The second-order valence-corrected chi connectivity index (χ2v) is 4.51. The summed E-state index contributed by atoms with van der Waals surface area (Å²) in [6.45, 7) is 0.304. The summed E-state index contributed by atoms with van der Waals surface area (Å²) in [5, 5.41) is 4.47. The Hall–Kier alpha value is -1.97. The lowest BCUT2D eigenvalue weighted by atomic mass is 10.2. The van der Waals surface area contributed by atoms with Gasteiger partial charge in [-0.3, -0.25) is 0 Å². The number of aromatic nitrogens is 1. The number of hydrogen-bond donors (Lipinski definition) is 1. The van der Waals surface area contributed by atoms with Crippen LogP contribution in [0.5, 0.6) is 11.5 Å². The van der Waals surface area contributed by atoms with Gasteiger partial charge < -0.3 is 14.8 Å². The van der Waals surface area contributed by atoms with Crippen LogP contribution in [0.4, 0.5) is 5.82 Å². The molecule has 4 heteroatoms. The molecule has 0 unspecified atom stereocenters. The minimum atomic E-state index is 0.304. The van der Waals surface area contributed by atoms with E-state index in [1.807, 2.05) is 18.2 Å². The summed E-state index contributed by atoms with van der Waals surface area (Å²) in [7, 11) is 0. The third kappa shape index (κ3) is 1.56. The van der Waals surface area contributed by atoms with Crippen molar-refractivity contribution in [1.82, 2.24) is 4.98 Å². The van der Waals surface area contributed by atoms with E-state index in [0.717, 1.165) is 28.2 Å². The number of nitrogens with one attached hydrogen (secondary N) is 1. The molecule has 17 heavy (non-hydrogen) atoms. The zero-order valence-corrected chi connectivity index (χ0v) is 9.27. The van der Waals surface area contributed by atoms with Gasteiger partial charge in [0, 0.05) is 17.5 Å². The van der Waals surface area contributed by atoms with Crippen molar-refractivity contribution < 1.29 is 9.47 Å². The van der Waals surface area contributed by atoms with Crippen LogP contribution in [0.15, 0.2) is 24.3 Å². The summed E-state index contributed by atoms with van der Waals surface area (Å²) in [4.78, 5) is 4.59. The average molecular weight is 228 g/mol. The first-order valence-corrected chi connectivity index (χ1v) is 5.85. The van der Waals surface area contributed by atoms with E-state index in [4.69, 9.17) is 9.47 Å². The van der Waals surface area contributed by atoms with Crippen molar-refractivity contribution in [3.05, 3.63) is 24.3 Å². The molecule has 1 saturated carbocycles. The molecule has 1 aromatic heterocycles. The first-order chi connectivity index (χ1) is 8.38. The SMILES string of the molecule is c1cc2cc3c(cc2nc1NC1CC1)OCO3. The molecule has 2 aromatic rings. The van der Waals surface area contributed by atoms with Gasteiger partial charge in [0.05, 0.1) is 5.52 Å². The molecule has 0 amide bonds. The van der Waals surface area contributed by atoms with Gasteiger partial charge in [-0.1, -0.05) is 0 Å². The maximum atomic E-state index is 5.36.